The highest BCUT2D eigenvalue weighted by molar-refractivity contribution is 6.32. The smallest absolute Gasteiger partial charge is 0.295 e. The summed E-state index contributed by atoms with van der Waals surface area (Å²) in [4.78, 5) is 42.0. The molecule has 1 amide bonds. The zero-order chi connectivity index (χ0) is 30.8. The van der Waals surface area contributed by atoms with Crippen molar-refractivity contribution in [1.29, 1.82) is 0 Å². The van der Waals surface area contributed by atoms with Gasteiger partial charge in [0.2, 0.25) is 11.9 Å². The van der Waals surface area contributed by atoms with E-state index < -0.39 is 0 Å². The van der Waals surface area contributed by atoms with Crippen LogP contribution in [0.2, 0.25) is 5.02 Å². The number of nitrogens with zero attached hydrogens (tertiary/aromatic N) is 6. The zero-order valence-electron chi connectivity index (χ0n) is 24.7. The lowest BCUT2D eigenvalue weighted by Gasteiger charge is -2.34. The van der Waals surface area contributed by atoms with Gasteiger partial charge in [-0.25, -0.2) is 4.98 Å². The second-order valence-electron chi connectivity index (χ2n) is 10.9. The first-order chi connectivity index (χ1) is 21.3. The van der Waals surface area contributed by atoms with Crippen LogP contribution in [0.4, 0.5) is 17.3 Å². The largest absolute Gasteiger partial charge is 0.494 e. The lowest BCUT2D eigenvalue weighted by Crippen LogP contribution is -2.44. The van der Waals surface area contributed by atoms with E-state index in [4.69, 9.17) is 26.1 Å². The van der Waals surface area contributed by atoms with Crippen molar-refractivity contribution < 1.29 is 14.3 Å². The van der Waals surface area contributed by atoms with Crippen molar-refractivity contribution in [3.63, 3.8) is 0 Å². The van der Waals surface area contributed by atoms with E-state index in [2.05, 4.69) is 39.8 Å². The molecule has 12 heteroatoms. The van der Waals surface area contributed by atoms with E-state index in [-0.39, 0.29) is 23.3 Å². The molecule has 11 nitrogen and oxygen atoms in total. The minimum absolute atomic E-state index is 0.0876. The minimum atomic E-state index is -0.380. The standard InChI is InChI=1S/C32H34ClN7O4/c1-4-29(41)39-12-11-23(20-39)40-30-21(17-28(31(40)42)44-26-8-6-5-7-24(26)33)19-34-32(36-30)35-25-10-9-22(18-27(25)43-3)38-15-13-37(2)14-16-38/h4-10,17-19,23H,1,11-16,20H2,2-3H3,(H,34,35,36)/t23-/m0/s1. The second kappa shape index (κ2) is 12.6. The molecule has 0 spiro atoms. The number of hydrogen-bond acceptors (Lipinski definition) is 9. The first kappa shape index (κ1) is 29.5. The Bertz CT molecular complexity index is 1770. The van der Waals surface area contributed by atoms with Gasteiger partial charge in [0.05, 0.1) is 23.9 Å². The number of hydrogen-bond donors (Lipinski definition) is 1. The molecule has 2 fully saturated rings. The van der Waals surface area contributed by atoms with Crippen LogP contribution in [0.5, 0.6) is 17.2 Å². The third kappa shape index (κ3) is 5.93. The first-order valence-corrected chi connectivity index (χ1v) is 14.9. The Balaban J connectivity index is 1.37. The number of ether oxygens (including phenoxy) is 2. The summed E-state index contributed by atoms with van der Waals surface area (Å²) in [5.74, 6) is 1.22. The first-order valence-electron chi connectivity index (χ1n) is 14.5. The Morgan fingerprint density at radius 3 is 2.61 bits per heavy atom. The van der Waals surface area contributed by atoms with Crippen LogP contribution in [-0.2, 0) is 4.79 Å². The molecule has 0 saturated carbocycles. The van der Waals surface area contributed by atoms with E-state index >= 15 is 0 Å². The van der Waals surface area contributed by atoms with Gasteiger partial charge in [0, 0.05) is 62.6 Å². The van der Waals surface area contributed by atoms with E-state index in [0.29, 0.717) is 58.7 Å². The molecule has 6 rings (SSSR count). The van der Waals surface area contributed by atoms with Crippen LogP contribution in [0.25, 0.3) is 11.0 Å². The molecule has 44 heavy (non-hydrogen) atoms. The van der Waals surface area contributed by atoms with Gasteiger partial charge in [0.1, 0.15) is 17.1 Å². The van der Waals surface area contributed by atoms with Crippen LogP contribution in [-0.4, -0.2) is 83.7 Å². The van der Waals surface area contributed by atoms with Crippen LogP contribution in [0.3, 0.4) is 0 Å². The van der Waals surface area contributed by atoms with Crippen LogP contribution < -0.4 is 25.2 Å². The van der Waals surface area contributed by atoms with Crippen molar-refractivity contribution in [2.45, 2.75) is 12.5 Å². The molecule has 2 aromatic heterocycles. The number of carbonyl (C=O) groups is 1. The maximum absolute atomic E-state index is 14.0. The highest BCUT2D eigenvalue weighted by Crippen LogP contribution is 2.34. The zero-order valence-corrected chi connectivity index (χ0v) is 25.5. The van der Waals surface area contributed by atoms with Gasteiger partial charge < -0.3 is 29.5 Å². The summed E-state index contributed by atoms with van der Waals surface area (Å²) in [5, 5.41) is 4.25. The van der Waals surface area contributed by atoms with Crippen LogP contribution in [0, 0.1) is 0 Å². The minimum Gasteiger partial charge on any atom is -0.494 e. The molecule has 2 aliphatic heterocycles. The number of rotatable bonds is 8. The number of likely N-dealkylation sites (N-methyl/N-ethyl adjacent to an activating group) is 1. The second-order valence-corrected chi connectivity index (χ2v) is 11.3. The molecule has 228 valence electrons. The van der Waals surface area contributed by atoms with E-state index in [1.54, 1.807) is 53.1 Å². The van der Waals surface area contributed by atoms with Crippen molar-refractivity contribution in [1.82, 2.24) is 24.3 Å². The van der Waals surface area contributed by atoms with E-state index in [1.807, 2.05) is 12.1 Å². The molecule has 1 atom stereocenters. The van der Waals surface area contributed by atoms with Gasteiger partial charge >= 0.3 is 0 Å². The quantitative estimate of drug-likeness (QED) is 0.282. The molecule has 2 saturated heterocycles. The summed E-state index contributed by atoms with van der Waals surface area (Å²) in [6.07, 6.45) is 3.50. The summed E-state index contributed by atoms with van der Waals surface area (Å²) < 4.78 is 13.3. The number of likely N-dealkylation sites (tertiary alicyclic amines) is 1. The number of nitrogens with one attached hydrogen (secondary N) is 1. The topological polar surface area (TPSA) is 105 Å². The number of amides is 1. The van der Waals surface area contributed by atoms with E-state index in [0.717, 1.165) is 31.9 Å². The summed E-state index contributed by atoms with van der Waals surface area (Å²) in [6, 6.07) is 14.3. The van der Waals surface area contributed by atoms with Gasteiger partial charge in [0.25, 0.3) is 5.56 Å². The predicted octanol–water partition coefficient (Wildman–Crippen LogP) is 4.70. The summed E-state index contributed by atoms with van der Waals surface area (Å²) in [7, 11) is 3.76. The van der Waals surface area contributed by atoms with Crippen LogP contribution >= 0.6 is 11.6 Å². The SMILES string of the molecule is C=CC(=O)N1CC[C@H](n2c(=O)c(Oc3ccccc3Cl)cc3cnc(Nc4ccc(N5CCN(C)CC5)cc4OC)nc32)C1. The number of benzene rings is 2. The van der Waals surface area contributed by atoms with Gasteiger partial charge in [-0.3, -0.25) is 14.2 Å². The van der Waals surface area contributed by atoms with Gasteiger partial charge in [-0.1, -0.05) is 30.3 Å². The number of fused-ring (bicyclic) bond motifs is 1. The number of carbonyl (C=O) groups excluding carboxylic acids is 1. The number of methoxy groups -OCH3 is 1. The van der Waals surface area contributed by atoms with E-state index in [9.17, 15) is 9.59 Å². The molecule has 0 unspecified atom stereocenters. The summed E-state index contributed by atoms with van der Waals surface area (Å²) in [5.41, 5.74) is 1.82. The molecule has 1 N–H and O–H groups in total. The predicted molar refractivity (Wildman–Crippen MR) is 172 cm³/mol. The number of para-hydroxylation sites is 1. The highest BCUT2D eigenvalue weighted by atomic mass is 35.5. The molecule has 4 aromatic rings. The number of halogens is 1. The Morgan fingerprint density at radius 2 is 1.86 bits per heavy atom. The van der Waals surface area contributed by atoms with Gasteiger partial charge in [-0.05, 0) is 49.9 Å². The lowest BCUT2D eigenvalue weighted by molar-refractivity contribution is -0.125. The summed E-state index contributed by atoms with van der Waals surface area (Å²) in [6.45, 7) is 8.32. The van der Waals surface area contributed by atoms with Crippen molar-refractivity contribution in [2.24, 2.45) is 0 Å². The molecule has 2 aromatic carbocycles. The Hall–Kier alpha value is -4.61. The molecule has 2 aliphatic rings. The maximum atomic E-state index is 14.0. The number of aromatic nitrogens is 3. The molecular formula is C32H34ClN7O4. The Kier molecular flexibility index (Phi) is 8.40. The Labute approximate surface area is 260 Å². The van der Waals surface area contributed by atoms with Crippen molar-refractivity contribution in [3.05, 3.63) is 82.8 Å². The molecule has 0 radical (unpaired) electrons. The monoisotopic (exact) mass is 615 g/mol. The van der Waals surface area contributed by atoms with E-state index in [1.165, 1.54) is 6.08 Å². The fourth-order valence-electron chi connectivity index (χ4n) is 5.66. The van der Waals surface area contributed by atoms with Gasteiger partial charge in [0.15, 0.2) is 5.75 Å². The molecule has 0 bridgehead atoms. The van der Waals surface area contributed by atoms with Gasteiger partial charge in [-0.15, -0.1) is 0 Å². The van der Waals surface area contributed by atoms with Crippen molar-refractivity contribution >= 4 is 45.9 Å². The average molecular weight is 616 g/mol. The average Bonchev–Trinajstić information content (AvgIpc) is 3.52. The number of piperazine rings is 1. The fraction of sp³-hybridized carbons (Fsp3) is 0.312. The third-order valence-corrected chi connectivity index (χ3v) is 8.42. The van der Waals surface area contributed by atoms with Crippen LogP contribution in [0.15, 0.2) is 72.2 Å². The third-order valence-electron chi connectivity index (χ3n) is 8.11. The van der Waals surface area contributed by atoms with Gasteiger partial charge in [-0.2, -0.15) is 4.98 Å². The maximum Gasteiger partial charge on any atom is 0.295 e. The highest BCUT2D eigenvalue weighted by Gasteiger charge is 2.30. The molecular weight excluding hydrogens is 582 g/mol. The fourth-order valence-corrected chi connectivity index (χ4v) is 5.83. The van der Waals surface area contributed by atoms with Crippen molar-refractivity contribution in [2.75, 3.05) is 63.6 Å². The Morgan fingerprint density at radius 1 is 1.07 bits per heavy atom. The normalized spacial score (nSPS) is 17.1. The molecule has 4 heterocycles. The van der Waals surface area contributed by atoms with Crippen LogP contribution in [0.1, 0.15) is 12.5 Å². The summed E-state index contributed by atoms with van der Waals surface area (Å²) >= 11 is 6.33. The number of anilines is 3. The van der Waals surface area contributed by atoms with Crippen molar-refractivity contribution in [3.8, 4) is 17.2 Å². The lowest BCUT2D eigenvalue weighted by atomic mass is 10.2. The molecule has 0 aliphatic carbocycles. The number of pyridine rings is 1.